The minimum Gasteiger partial charge on any atom is -0.391 e. The Bertz CT molecular complexity index is 231. The summed E-state index contributed by atoms with van der Waals surface area (Å²) in [7, 11) is 0. The smallest absolute Gasteiger partial charge is 0.0695 e. The second-order valence-electron chi connectivity index (χ2n) is 6.15. The van der Waals surface area contributed by atoms with Crippen LogP contribution in [0.5, 0.6) is 0 Å². The fourth-order valence-electron chi connectivity index (χ4n) is 3.53. The Balaban J connectivity index is 2.03. The summed E-state index contributed by atoms with van der Waals surface area (Å²) in [4.78, 5) is 2.59. The molecule has 2 nitrogen and oxygen atoms in total. The maximum absolute atomic E-state index is 10.2. The average molecular weight is 225 g/mol. The molecule has 2 fully saturated rings. The normalized spacial score (nSPS) is 46.9. The molecule has 1 aliphatic heterocycles. The van der Waals surface area contributed by atoms with Crippen molar-refractivity contribution in [3.05, 3.63) is 0 Å². The molecule has 0 aromatic rings. The van der Waals surface area contributed by atoms with Gasteiger partial charge in [-0.05, 0) is 57.4 Å². The highest BCUT2D eigenvalue weighted by Gasteiger charge is 2.36. The Morgan fingerprint density at radius 3 is 2.56 bits per heavy atom. The summed E-state index contributed by atoms with van der Waals surface area (Å²) >= 11 is 0. The molecule has 1 saturated heterocycles. The highest BCUT2D eigenvalue weighted by atomic mass is 16.3. The van der Waals surface area contributed by atoms with Gasteiger partial charge in [-0.1, -0.05) is 13.8 Å². The molecule has 0 aromatic heterocycles. The van der Waals surface area contributed by atoms with Crippen LogP contribution in [0.1, 0.15) is 52.9 Å². The summed E-state index contributed by atoms with van der Waals surface area (Å²) in [6.07, 6.45) is 5.99. The molecule has 1 heterocycles. The van der Waals surface area contributed by atoms with Gasteiger partial charge in [-0.3, -0.25) is 4.90 Å². The molecule has 0 amide bonds. The number of aliphatic hydroxyl groups is 1. The van der Waals surface area contributed by atoms with Crippen LogP contribution in [0.15, 0.2) is 0 Å². The lowest BCUT2D eigenvalue weighted by molar-refractivity contribution is -0.0349. The van der Waals surface area contributed by atoms with Gasteiger partial charge in [-0.25, -0.2) is 0 Å². The molecule has 5 atom stereocenters. The lowest BCUT2D eigenvalue weighted by atomic mass is 9.81. The summed E-state index contributed by atoms with van der Waals surface area (Å²) in [6.45, 7) is 8.22. The number of nitrogens with zero attached hydrogens (tertiary/aromatic N) is 1. The third-order valence-electron chi connectivity index (χ3n) is 4.89. The van der Waals surface area contributed by atoms with Crippen molar-refractivity contribution in [1.82, 2.24) is 4.90 Å². The van der Waals surface area contributed by atoms with Crippen LogP contribution < -0.4 is 0 Å². The van der Waals surface area contributed by atoms with Crippen molar-refractivity contribution in [3.8, 4) is 0 Å². The van der Waals surface area contributed by atoms with Gasteiger partial charge in [0.1, 0.15) is 0 Å². The number of likely N-dealkylation sites (tertiary alicyclic amines) is 1. The number of rotatable bonds is 1. The molecule has 0 spiro atoms. The Kier molecular flexibility index (Phi) is 3.91. The van der Waals surface area contributed by atoms with Crippen LogP contribution in [-0.4, -0.2) is 34.7 Å². The molecule has 16 heavy (non-hydrogen) atoms. The van der Waals surface area contributed by atoms with E-state index in [1.54, 1.807) is 0 Å². The molecular formula is C14H27NO. The van der Waals surface area contributed by atoms with Crippen molar-refractivity contribution in [3.63, 3.8) is 0 Å². The molecule has 0 radical (unpaired) electrons. The molecule has 0 bridgehead atoms. The SMILES string of the molecule is CC1CCC(O)C(N2CCCC(C)C2C)C1. The van der Waals surface area contributed by atoms with Gasteiger partial charge >= 0.3 is 0 Å². The van der Waals surface area contributed by atoms with E-state index in [0.29, 0.717) is 12.1 Å². The maximum atomic E-state index is 10.2. The van der Waals surface area contributed by atoms with Crippen LogP contribution in [0.2, 0.25) is 0 Å². The van der Waals surface area contributed by atoms with E-state index in [1.807, 2.05) is 0 Å². The molecule has 2 heteroatoms. The average Bonchev–Trinajstić information content (AvgIpc) is 2.26. The Morgan fingerprint density at radius 1 is 1.06 bits per heavy atom. The monoisotopic (exact) mass is 225 g/mol. The second kappa shape index (κ2) is 5.05. The third kappa shape index (κ3) is 2.43. The van der Waals surface area contributed by atoms with Crippen LogP contribution in [0.3, 0.4) is 0 Å². The highest BCUT2D eigenvalue weighted by molar-refractivity contribution is 4.91. The molecule has 0 aromatic carbocycles. The third-order valence-corrected chi connectivity index (χ3v) is 4.89. The van der Waals surface area contributed by atoms with E-state index in [4.69, 9.17) is 0 Å². The minimum absolute atomic E-state index is 0.0797. The summed E-state index contributed by atoms with van der Waals surface area (Å²) in [6, 6.07) is 1.08. The van der Waals surface area contributed by atoms with Gasteiger partial charge in [0.15, 0.2) is 0 Å². The summed E-state index contributed by atoms with van der Waals surface area (Å²) < 4.78 is 0. The van der Waals surface area contributed by atoms with Gasteiger partial charge in [0.05, 0.1) is 6.10 Å². The molecule has 2 rings (SSSR count). The van der Waals surface area contributed by atoms with Crippen LogP contribution in [0.4, 0.5) is 0 Å². The first-order chi connectivity index (χ1) is 7.59. The molecule has 94 valence electrons. The minimum atomic E-state index is -0.0797. The topological polar surface area (TPSA) is 23.5 Å². The molecular weight excluding hydrogens is 198 g/mol. The van der Waals surface area contributed by atoms with Crippen molar-refractivity contribution < 1.29 is 5.11 Å². The molecule has 1 N–H and O–H groups in total. The molecule has 2 aliphatic rings. The molecule has 1 aliphatic carbocycles. The van der Waals surface area contributed by atoms with Gasteiger partial charge in [0.25, 0.3) is 0 Å². The van der Waals surface area contributed by atoms with E-state index in [2.05, 4.69) is 25.7 Å². The first-order valence-electron chi connectivity index (χ1n) is 7.03. The zero-order valence-corrected chi connectivity index (χ0v) is 11.0. The molecule has 1 saturated carbocycles. The van der Waals surface area contributed by atoms with Crippen molar-refractivity contribution in [1.29, 1.82) is 0 Å². The van der Waals surface area contributed by atoms with Gasteiger partial charge in [0, 0.05) is 12.1 Å². The quantitative estimate of drug-likeness (QED) is 0.741. The Labute approximate surface area is 100 Å². The number of aliphatic hydroxyl groups excluding tert-OH is 1. The molecule has 5 unspecified atom stereocenters. The summed E-state index contributed by atoms with van der Waals surface area (Å²) in [5.74, 6) is 1.58. The zero-order valence-electron chi connectivity index (χ0n) is 11.0. The van der Waals surface area contributed by atoms with Crippen molar-refractivity contribution in [2.45, 2.75) is 71.1 Å². The lowest BCUT2D eigenvalue weighted by Crippen LogP contribution is -2.54. The van der Waals surface area contributed by atoms with E-state index in [-0.39, 0.29) is 6.10 Å². The van der Waals surface area contributed by atoms with E-state index in [1.165, 1.54) is 32.2 Å². The number of hydrogen-bond donors (Lipinski definition) is 1. The van der Waals surface area contributed by atoms with E-state index in [9.17, 15) is 5.11 Å². The number of hydrogen-bond acceptors (Lipinski definition) is 2. The lowest BCUT2D eigenvalue weighted by Gasteiger charge is -2.47. The van der Waals surface area contributed by atoms with Crippen molar-refractivity contribution in [2.75, 3.05) is 6.54 Å². The number of piperidine rings is 1. The maximum Gasteiger partial charge on any atom is 0.0695 e. The fourth-order valence-corrected chi connectivity index (χ4v) is 3.53. The highest BCUT2D eigenvalue weighted by Crippen LogP contribution is 2.33. The summed E-state index contributed by atoms with van der Waals surface area (Å²) in [5, 5.41) is 10.2. The van der Waals surface area contributed by atoms with Crippen LogP contribution in [0.25, 0.3) is 0 Å². The zero-order chi connectivity index (χ0) is 11.7. The van der Waals surface area contributed by atoms with Crippen molar-refractivity contribution in [2.24, 2.45) is 11.8 Å². The first-order valence-corrected chi connectivity index (χ1v) is 7.03. The van der Waals surface area contributed by atoms with Crippen molar-refractivity contribution >= 4 is 0 Å². The van der Waals surface area contributed by atoms with Gasteiger partial charge < -0.3 is 5.11 Å². The van der Waals surface area contributed by atoms with E-state index < -0.39 is 0 Å². The Hall–Kier alpha value is -0.0800. The van der Waals surface area contributed by atoms with Gasteiger partial charge in [0.2, 0.25) is 0 Å². The van der Waals surface area contributed by atoms with Crippen LogP contribution in [-0.2, 0) is 0 Å². The van der Waals surface area contributed by atoms with Gasteiger partial charge in [-0.2, -0.15) is 0 Å². The van der Waals surface area contributed by atoms with Crippen LogP contribution >= 0.6 is 0 Å². The van der Waals surface area contributed by atoms with E-state index in [0.717, 1.165) is 18.3 Å². The fraction of sp³-hybridized carbons (Fsp3) is 1.00. The second-order valence-corrected chi connectivity index (χ2v) is 6.15. The summed E-state index contributed by atoms with van der Waals surface area (Å²) in [5.41, 5.74) is 0. The Morgan fingerprint density at radius 2 is 1.81 bits per heavy atom. The van der Waals surface area contributed by atoms with Gasteiger partial charge in [-0.15, -0.1) is 0 Å². The van der Waals surface area contributed by atoms with E-state index >= 15 is 0 Å². The largest absolute Gasteiger partial charge is 0.391 e. The first kappa shape index (κ1) is 12.4. The predicted molar refractivity (Wildman–Crippen MR) is 67.4 cm³/mol. The van der Waals surface area contributed by atoms with Crippen LogP contribution in [0, 0.1) is 11.8 Å². The predicted octanol–water partition coefficient (Wildman–Crippen LogP) is 2.66. The standard InChI is InChI=1S/C14H27NO/c1-10-6-7-14(16)13(9-10)15-8-4-5-11(2)12(15)3/h10-14,16H,4-9H2,1-3H3.